The Morgan fingerprint density at radius 1 is 1.36 bits per heavy atom. The first-order valence-corrected chi connectivity index (χ1v) is 8.14. The van der Waals surface area contributed by atoms with Crippen LogP contribution in [0.15, 0.2) is 40.1 Å². The number of halogens is 1. The smallest absolute Gasteiger partial charge is 0.104 e. The number of allylic oxidation sites excluding steroid dienone is 1. The molecular weight excluding hydrogens is 342 g/mol. The number of aromatic nitrogens is 2. The normalized spacial score (nSPS) is 17.4. The molecule has 1 saturated heterocycles. The molecule has 1 aromatic carbocycles. The van der Waals surface area contributed by atoms with Gasteiger partial charge in [0.15, 0.2) is 0 Å². The number of para-hydroxylation sites is 1. The highest BCUT2D eigenvalue weighted by Crippen LogP contribution is 2.22. The molecule has 5 nitrogen and oxygen atoms in total. The molecule has 0 amide bonds. The van der Waals surface area contributed by atoms with E-state index in [4.69, 9.17) is 5.73 Å². The number of hydrogen-bond donors (Lipinski definition) is 2. The van der Waals surface area contributed by atoms with Crippen molar-refractivity contribution < 1.29 is 0 Å². The van der Waals surface area contributed by atoms with Gasteiger partial charge in [-0.15, -0.1) is 0 Å². The summed E-state index contributed by atoms with van der Waals surface area (Å²) in [5.74, 6) is 0. The Labute approximate surface area is 137 Å². The minimum atomic E-state index is 0.358. The van der Waals surface area contributed by atoms with Gasteiger partial charge in [-0.2, -0.15) is 0 Å². The molecule has 0 bridgehead atoms. The SMILES string of the molecule is NC=C(C=NC1CCNCC1)c1cnc2cccc(Br)c2n1. The van der Waals surface area contributed by atoms with Crippen LogP contribution in [0, 0.1) is 0 Å². The Morgan fingerprint density at radius 3 is 2.95 bits per heavy atom. The van der Waals surface area contributed by atoms with E-state index in [0.717, 1.165) is 52.7 Å². The van der Waals surface area contributed by atoms with Gasteiger partial charge in [-0.1, -0.05) is 6.07 Å². The molecule has 3 rings (SSSR count). The predicted octanol–water partition coefficient (Wildman–Crippen LogP) is 2.51. The quantitative estimate of drug-likeness (QED) is 0.825. The van der Waals surface area contributed by atoms with Crippen LogP contribution < -0.4 is 11.1 Å². The molecule has 1 aliphatic heterocycles. The van der Waals surface area contributed by atoms with Crippen molar-refractivity contribution in [2.24, 2.45) is 10.7 Å². The Morgan fingerprint density at radius 2 is 2.18 bits per heavy atom. The van der Waals surface area contributed by atoms with Crippen LogP contribution in [-0.4, -0.2) is 35.3 Å². The summed E-state index contributed by atoms with van der Waals surface area (Å²) in [6.07, 6.45) is 7.22. The molecule has 0 unspecified atom stereocenters. The molecule has 22 heavy (non-hydrogen) atoms. The van der Waals surface area contributed by atoms with Crippen molar-refractivity contribution in [3.63, 3.8) is 0 Å². The van der Waals surface area contributed by atoms with Crippen LogP contribution in [0.1, 0.15) is 18.5 Å². The van der Waals surface area contributed by atoms with Crippen molar-refractivity contribution in [3.05, 3.63) is 40.8 Å². The van der Waals surface area contributed by atoms with Gasteiger partial charge < -0.3 is 11.1 Å². The van der Waals surface area contributed by atoms with E-state index in [2.05, 4.69) is 36.2 Å². The van der Waals surface area contributed by atoms with Gasteiger partial charge in [0.1, 0.15) is 5.52 Å². The van der Waals surface area contributed by atoms with Gasteiger partial charge in [0.05, 0.1) is 23.4 Å². The van der Waals surface area contributed by atoms with Gasteiger partial charge in [-0.25, -0.2) is 4.98 Å². The monoisotopic (exact) mass is 359 g/mol. The molecule has 0 saturated carbocycles. The van der Waals surface area contributed by atoms with Crippen LogP contribution in [-0.2, 0) is 0 Å². The number of piperidine rings is 1. The highest BCUT2D eigenvalue weighted by atomic mass is 79.9. The van der Waals surface area contributed by atoms with Crippen LogP contribution in [0.4, 0.5) is 0 Å². The van der Waals surface area contributed by atoms with Crippen molar-refractivity contribution in [2.75, 3.05) is 13.1 Å². The molecule has 114 valence electrons. The summed E-state index contributed by atoms with van der Waals surface area (Å²) in [5, 5.41) is 3.33. The number of hydrogen-bond acceptors (Lipinski definition) is 5. The lowest BCUT2D eigenvalue weighted by Crippen LogP contribution is -2.29. The first-order chi connectivity index (χ1) is 10.8. The van der Waals surface area contributed by atoms with Crippen LogP contribution >= 0.6 is 15.9 Å². The van der Waals surface area contributed by atoms with Crippen LogP contribution in [0.2, 0.25) is 0 Å². The zero-order valence-corrected chi connectivity index (χ0v) is 13.8. The molecule has 1 fully saturated rings. The van der Waals surface area contributed by atoms with E-state index in [1.807, 2.05) is 24.4 Å². The average Bonchev–Trinajstić information content (AvgIpc) is 2.57. The van der Waals surface area contributed by atoms with Gasteiger partial charge in [0.2, 0.25) is 0 Å². The fourth-order valence-electron chi connectivity index (χ4n) is 2.47. The fourth-order valence-corrected chi connectivity index (χ4v) is 2.92. The number of nitrogens with zero attached hydrogens (tertiary/aromatic N) is 3. The highest BCUT2D eigenvalue weighted by Gasteiger charge is 2.11. The second kappa shape index (κ2) is 6.98. The lowest BCUT2D eigenvalue weighted by molar-refractivity contribution is 0.461. The first kappa shape index (κ1) is 15.1. The Bertz CT molecular complexity index is 720. The Hall–Kier alpha value is -1.79. The second-order valence-corrected chi connectivity index (χ2v) is 6.10. The summed E-state index contributed by atoms with van der Waals surface area (Å²) in [7, 11) is 0. The summed E-state index contributed by atoms with van der Waals surface area (Å²) in [6, 6.07) is 6.19. The van der Waals surface area contributed by atoms with E-state index < -0.39 is 0 Å². The molecule has 0 radical (unpaired) electrons. The van der Waals surface area contributed by atoms with E-state index in [9.17, 15) is 0 Å². The molecular formula is C16H18BrN5. The number of fused-ring (bicyclic) bond motifs is 1. The van der Waals surface area contributed by atoms with Gasteiger partial charge in [-0.3, -0.25) is 9.98 Å². The third-order valence-electron chi connectivity index (χ3n) is 3.73. The molecule has 0 atom stereocenters. The number of rotatable bonds is 3. The highest BCUT2D eigenvalue weighted by molar-refractivity contribution is 9.10. The molecule has 3 N–H and O–H groups in total. The van der Waals surface area contributed by atoms with Crippen molar-refractivity contribution in [1.29, 1.82) is 0 Å². The Balaban J connectivity index is 1.87. The largest absolute Gasteiger partial charge is 0.404 e. The molecule has 1 aromatic heterocycles. The lowest BCUT2D eigenvalue weighted by atomic mass is 10.1. The molecule has 2 heterocycles. The van der Waals surface area contributed by atoms with E-state index in [1.165, 1.54) is 6.20 Å². The van der Waals surface area contributed by atoms with Crippen LogP contribution in [0.3, 0.4) is 0 Å². The van der Waals surface area contributed by atoms with Crippen LogP contribution in [0.5, 0.6) is 0 Å². The zero-order chi connectivity index (χ0) is 15.4. The number of aliphatic imine (C=N–C) groups is 1. The van der Waals surface area contributed by atoms with E-state index in [0.29, 0.717) is 6.04 Å². The maximum absolute atomic E-state index is 5.76. The summed E-state index contributed by atoms with van der Waals surface area (Å²) < 4.78 is 0.922. The van der Waals surface area contributed by atoms with Gasteiger partial charge in [0, 0.05) is 22.5 Å². The maximum atomic E-state index is 5.76. The van der Waals surface area contributed by atoms with Crippen molar-refractivity contribution in [2.45, 2.75) is 18.9 Å². The van der Waals surface area contributed by atoms with E-state index >= 15 is 0 Å². The summed E-state index contributed by atoms with van der Waals surface area (Å²) in [5.41, 5.74) is 8.97. The van der Waals surface area contributed by atoms with Crippen molar-refractivity contribution in [3.8, 4) is 0 Å². The van der Waals surface area contributed by atoms with Crippen LogP contribution in [0.25, 0.3) is 16.6 Å². The van der Waals surface area contributed by atoms with Crippen molar-refractivity contribution >= 4 is 38.8 Å². The average molecular weight is 360 g/mol. The summed E-state index contributed by atoms with van der Waals surface area (Å²) >= 11 is 3.51. The standard InChI is InChI=1S/C16H18BrN5/c17-13-2-1-3-14-16(13)22-15(10-21-14)11(8-18)9-20-12-4-6-19-7-5-12/h1-3,8-10,12,19H,4-7,18H2. The summed E-state index contributed by atoms with van der Waals surface area (Å²) in [6.45, 7) is 2.04. The molecule has 2 aromatic rings. The number of nitrogens with two attached hydrogens (primary N) is 1. The molecule has 1 aliphatic rings. The molecule has 0 aliphatic carbocycles. The van der Waals surface area contributed by atoms with E-state index in [-0.39, 0.29) is 0 Å². The third kappa shape index (κ3) is 3.34. The minimum absolute atomic E-state index is 0.358. The lowest BCUT2D eigenvalue weighted by Gasteiger charge is -2.18. The van der Waals surface area contributed by atoms with Gasteiger partial charge in [0.25, 0.3) is 0 Å². The van der Waals surface area contributed by atoms with E-state index in [1.54, 1.807) is 6.20 Å². The number of nitrogens with one attached hydrogen (secondary N) is 1. The van der Waals surface area contributed by atoms with Crippen molar-refractivity contribution in [1.82, 2.24) is 15.3 Å². The number of benzene rings is 1. The maximum Gasteiger partial charge on any atom is 0.104 e. The van der Waals surface area contributed by atoms with Gasteiger partial charge >= 0.3 is 0 Å². The second-order valence-electron chi connectivity index (χ2n) is 5.24. The zero-order valence-electron chi connectivity index (χ0n) is 12.2. The minimum Gasteiger partial charge on any atom is -0.404 e. The first-order valence-electron chi connectivity index (χ1n) is 7.35. The Kier molecular flexibility index (Phi) is 4.80. The predicted molar refractivity (Wildman–Crippen MR) is 93.8 cm³/mol. The third-order valence-corrected chi connectivity index (χ3v) is 4.37. The topological polar surface area (TPSA) is 76.2 Å². The molecule has 0 spiro atoms. The fraction of sp³-hybridized carbons (Fsp3) is 0.312. The van der Waals surface area contributed by atoms with Gasteiger partial charge in [-0.05, 0) is 54.0 Å². The molecule has 6 heteroatoms. The summed E-state index contributed by atoms with van der Waals surface area (Å²) in [4.78, 5) is 13.7.